The molecule has 1 heterocycles. The maximum Gasteiger partial charge on any atom is 0.266 e. The minimum atomic E-state index is 0.00770. The maximum absolute atomic E-state index is 11.9. The molecular formula is C13H13IN2OS. The Bertz CT molecular complexity index is 571. The number of benzene rings is 1. The summed E-state index contributed by atoms with van der Waals surface area (Å²) >= 11 is 6.39. The number of hydrogen-bond donors (Lipinski definition) is 1. The molecule has 0 aliphatic heterocycles. The van der Waals surface area contributed by atoms with Crippen LogP contribution >= 0.6 is 35.2 Å². The fraction of sp³-hybridized carbons (Fsp3) is 0.231. The van der Waals surface area contributed by atoms with E-state index < -0.39 is 0 Å². The van der Waals surface area contributed by atoms with Gasteiger partial charge in [-0.15, -0.1) is 0 Å². The zero-order valence-electron chi connectivity index (χ0n) is 9.66. The van der Waals surface area contributed by atoms with E-state index in [9.17, 15) is 4.79 Å². The number of hydrogen-bond acceptors (Lipinski definition) is 3. The van der Waals surface area contributed by atoms with E-state index in [-0.39, 0.29) is 11.5 Å². The van der Waals surface area contributed by atoms with Crippen LogP contribution in [-0.4, -0.2) is 15.3 Å². The van der Waals surface area contributed by atoms with Crippen LogP contribution in [0.5, 0.6) is 0 Å². The van der Waals surface area contributed by atoms with Crippen molar-refractivity contribution in [2.45, 2.75) is 12.5 Å². The molecule has 0 bridgehead atoms. The van der Waals surface area contributed by atoms with Crippen molar-refractivity contribution in [3.05, 3.63) is 62.3 Å². The van der Waals surface area contributed by atoms with E-state index in [0.717, 1.165) is 0 Å². The molecule has 1 unspecified atom stereocenters. The van der Waals surface area contributed by atoms with Gasteiger partial charge in [-0.3, -0.25) is 9.36 Å². The first-order chi connectivity index (χ1) is 8.72. The summed E-state index contributed by atoms with van der Waals surface area (Å²) in [6.07, 6.45) is 3.17. The topological polar surface area (TPSA) is 34.9 Å². The third-order valence-corrected chi connectivity index (χ3v) is 3.95. The Labute approximate surface area is 125 Å². The molecule has 0 fully saturated rings. The van der Waals surface area contributed by atoms with E-state index in [2.05, 4.69) is 29.7 Å². The van der Waals surface area contributed by atoms with Gasteiger partial charge >= 0.3 is 0 Å². The average molecular weight is 372 g/mol. The molecule has 2 rings (SSSR count). The number of halogens is 1. The van der Waals surface area contributed by atoms with Gasteiger partial charge in [-0.05, 0) is 33.9 Å². The van der Waals surface area contributed by atoms with E-state index in [4.69, 9.17) is 0 Å². The van der Waals surface area contributed by atoms with E-state index in [1.54, 1.807) is 17.1 Å². The highest BCUT2D eigenvalue weighted by molar-refractivity contribution is 14.1. The molecule has 2 aromatic rings. The van der Waals surface area contributed by atoms with Crippen LogP contribution in [0.4, 0.5) is 0 Å². The SMILES string of the molecule is O=c1c(I)cncn1CC(CS)c1ccccc1. The second-order valence-corrected chi connectivity index (χ2v) is 5.52. The summed E-state index contributed by atoms with van der Waals surface area (Å²) in [4.78, 5) is 16.0. The summed E-state index contributed by atoms with van der Waals surface area (Å²) in [5.74, 6) is 0.911. The van der Waals surface area contributed by atoms with Crippen molar-refractivity contribution in [3.8, 4) is 0 Å². The first kappa shape index (κ1) is 13.6. The zero-order valence-corrected chi connectivity index (χ0v) is 12.7. The van der Waals surface area contributed by atoms with Gasteiger partial charge in [0.25, 0.3) is 5.56 Å². The van der Waals surface area contributed by atoms with Crippen LogP contribution < -0.4 is 5.56 Å². The minimum absolute atomic E-state index is 0.00770. The summed E-state index contributed by atoms with van der Waals surface area (Å²) in [6.45, 7) is 0.607. The molecule has 94 valence electrons. The fourth-order valence-corrected chi connectivity index (χ4v) is 2.58. The lowest BCUT2D eigenvalue weighted by molar-refractivity contribution is 0.576. The first-order valence-electron chi connectivity index (χ1n) is 5.58. The molecule has 5 heteroatoms. The normalized spacial score (nSPS) is 12.3. The second-order valence-electron chi connectivity index (χ2n) is 3.99. The minimum Gasteiger partial charge on any atom is -0.298 e. The summed E-state index contributed by atoms with van der Waals surface area (Å²) in [7, 11) is 0. The third-order valence-electron chi connectivity index (χ3n) is 2.77. The number of thiol groups is 1. The van der Waals surface area contributed by atoms with Crippen LogP contribution in [0.25, 0.3) is 0 Å². The van der Waals surface area contributed by atoms with E-state index in [1.807, 2.05) is 40.8 Å². The fourth-order valence-electron chi connectivity index (χ4n) is 1.79. The van der Waals surface area contributed by atoms with Crippen LogP contribution in [0, 0.1) is 3.57 Å². The highest BCUT2D eigenvalue weighted by Crippen LogP contribution is 2.18. The molecule has 0 aliphatic carbocycles. The van der Waals surface area contributed by atoms with Crippen molar-refractivity contribution in [2.24, 2.45) is 0 Å². The highest BCUT2D eigenvalue weighted by Gasteiger charge is 2.11. The summed E-state index contributed by atoms with van der Waals surface area (Å²) in [6, 6.07) is 10.1. The van der Waals surface area contributed by atoms with E-state index >= 15 is 0 Å². The molecule has 0 saturated heterocycles. The molecule has 0 amide bonds. The van der Waals surface area contributed by atoms with E-state index in [0.29, 0.717) is 15.9 Å². The smallest absolute Gasteiger partial charge is 0.266 e. The molecule has 0 radical (unpaired) electrons. The highest BCUT2D eigenvalue weighted by atomic mass is 127. The predicted octanol–water partition coefficient (Wildman–Crippen LogP) is 2.56. The van der Waals surface area contributed by atoms with Gasteiger partial charge in [-0.1, -0.05) is 30.3 Å². The van der Waals surface area contributed by atoms with Gasteiger partial charge in [0.15, 0.2) is 0 Å². The van der Waals surface area contributed by atoms with Gasteiger partial charge in [-0.25, -0.2) is 4.98 Å². The zero-order chi connectivity index (χ0) is 13.0. The van der Waals surface area contributed by atoms with Crippen molar-refractivity contribution in [1.29, 1.82) is 0 Å². The molecule has 3 nitrogen and oxygen atoms in total. The van der Waals surface area contributed by atoms with E-state index in [1.165, 1.54) is 5.56 Å². The van der Waals surface area contributed by atoms with Gasteiger partial charge in [0.1, 0.15) is 0 Å². The molecule has 1 aromatic heterocycles. The Morgan fingerprint density at radius 3 is 2.72 bits per heavy atom. The van der Waals surface area contributed by atoms with Crippen LogP contribution in [0.15, 0.2) is 47.7 Å². The van der Waals surface area contributed by atoms with Crippen molar-refractivity contribution in [2.75, 3.05) is 5.75 Å². The molecule has 1 atom stereocenters. The molecule has 18 heavy (non-hydrogen) atoms. The Balaban J connectivity index is 2.27. The predicted molar refractivity (Wildman–Crippen MR) is 84.3 cm³/mol. The number of aromatic nitrogens is 2. The van der Waals surface area contributed by atoms with Gasteiger partial charge in [0, 0.05) is 18.7 Å². The number of nitrogens with zero attached hydrogens (tertiary/aromatic N) is 2. The third kappa shape index (κ3) is 3.14. The van der Waals surface area contributed by atoms with Gasteiger partial charge in [0.2, 0.25) is 0 Å². The quantitative estimate of drug-likeness (QED) is 0.662. The lowest BCUT2D eigenvalue weighted by Gasteiger charge is -2.16. The van der Waals surface area contributed by atoms with Crippen molar-refractivity contribution < 1.29 is 0 Å². The Morgan fingerprint density at radius 2 is 2.06 bits per heavy atom. The Hall–Kier alpha value is -0.820. The molecule has 0 N–H and O–H groups in total. The summed E-state index contributed by atoms with van der Waals surface area (Å²) in [5, 5.41) is 0. The van der Waals surface area contributed by atoms with Crippen molar-refractivity contribution >= 4 is 35.2 Å². The first-order valence-corrected chi connectivity index (χ1v) is 7.29. The Kier molecular flexibility index (Phi) is 4.82. The van der Waals surface area contributed by atoms with Gasteiger partial charge in [-0.2, -0.15) is 12.6 Å². The van der Waals surface area contributed by atoms with Crippen LogP contribution in [0.1, 0.15) is 11.5 Å². The summed E-state index contributed by atoms with van der Waals surface area (Å²) in [5.41, 5.74) is 1.20. The second kappa shape index (κ2) is 6.38. The number of rotatable bonds is 4. The maximum atomic E-state index is 11.9. The van der Waals surface area contributed by atoms with Crippen LogP contribution in [0.3, 0.4) is 0 Å². The van der Waals surface area contributed by atoms with Crippen LogP contribution in [-0.2, 0) is 6.54 Å². The molecule has 0 spiro atoms. The molecular weight excluding hydrogens is 359 g/mol. The lowest BCUT2D eigenvalue weighted by Crippen LogP contribution is -2.25. The molecule has 1 aromatic carbocycles. The van der Waals surface area contributed by atoms with Crippen LogP contribution in [0.2, 0.25) is 0 Å². The standard InChI is InChI=1S/C13H13IN2OS/c14-12-6-15-9-16(13(12)17)7-11(8-18)10-4-2-1-3-5-10/h1-6,9,11,18H,7-8H2. The van der Waals surface area contributed by atoms with Crippen molar-refractivity contribution in [3.63, 3.8) is 0 Å². The molecule has 0 aliphatic rings. The summed E-state index contributed by atoms with van der Waals surface area (Å²) < 4.78 is 2.29. The van der Waals surface area contributed by atoms with Gasteiger partial charge < -0.3 is 0 Å². The average Bonchev–Trinajstić information content (AvgIpc) is 2.41. The lowest BCUT2D eigenvalue weighted by atomic mass is 10.0. The Morgan fingerprint density at radius 1 is 1.33 bits per heavy atom. The largest absolute Gasteiger partial charge is 0.298 e. The monoisotopic (exact) mass is 372 g/mol. The molecule has 0 saturated carbocycles. The van der Waals surface area contributed by atoms with Crippen molar-refractivity contribution in [1.82, 2.24) is 9.55 Å². The van der Waals surface area contributed by atoms with Gasteiger partial charge in [0.05, 0.1) is 9.90 Å².